The maximum atomic E-state index is 13.7. The average Bonchev–Trinajstić information content (AvgIpc) is 3.49. The lowest BCUT2D eigenvalue weighted by molar-refractivity contribution is 0.0729. The number of nitrogens with zero attached hydrogens (tertiary/aromatic N) is 3. The zero-order valence-corrected chi connectivity index (χ0v) is 21.0. The monoisotopic (exact) mass is 522 g/mol. The van der Waals surface area contributed by atoms with Gasteiger partial charge in [0.2, 0.25) is 0 Å². The highest BCUT2D eigenvalue weighted by Gasteiger charge is 2.42. The summed E-state index contributed by atoms with van der Waals surface area (Å²) in [5.74, 6) is 0.523. The van der Waals surface area contributed by atoms with Gasteiger partial charge in [-0.1, -0.05) is 60.1 Å². The van der Waals surface area contributed by atoms with Crippen molar-refractivity contribution in [3.8, 4) is 22.8 Å². The Hall–Kier alpha value is -4.62. The number of halogens is 1. The molecule has 1 aliphatic heterocycles. The molecule has 1 atom stereocenters. The van der Waals surface area contributed by atoms with Gasteiger partial charge < -0.3 is 14.7 Å². The van der Waals surface area contributed by atoms with Gasteiger partial charge in [0.1, 0.15) is 29.5 Å². The fraction of sp³-hybridized carbons (Fsp3) is 0.100. The lowest BCUT2D eigenvalue weighted by atomic mass is 9.95. The quantitative estimate of drug-likeness (QED) is 0.267. The summed E-state index contributed by atoms with van der Waals surface area (Å²) in [6.07, 6.45) is 3.45. The molecule has 0 radical (unpaired) electrons. The molecule has 2 N–H and O–H groups in total. The van der Waals surface area contributed by atoms with Crippen LogP contribution < -0.4 is 4.74 Å². The number of carbonyl (C=O) groups is 1. The molecule has 0 saturated heterocycles. The molecule has 1 unspecified atom stereocenters. The first-order valence-corrected chi connectivity index (χ1v) is 12.5. The number of phenols is 1. The molecule has 3 aromatic carbocycles. The molecule has 7 nitrogen and oxygen atoms in total. The topological polar surface area (TPSA) is 91.3 Å². The summed E-state index contributed by atoms with van der Waals surface area (Å²) in [5, 5.41) is 18.5. The van der Waals surface area contributed by atoms with Crippen LogP contribution in [-0.2, 0) is 13.2 Å². The normalized spacial score (nSPS) is 14.5. The molecule has 0 saturated carbocycles. The first-order chi connectivity index (χ1) is 18.6. The van der Waals surface area contributed by atoms with Gasteiger partial charge in [-0.2, -0.15) is 5.10 Å². The molecule has 38 heavy (non-hydrogen) atoms. The molecule has 0 fully saturated rings. The Kier molecular flexibility index (Phi) is 6.27. The van der Waals surface area contributed by atoms with Gasteiger partial charge in [0, 0.05) is 35.1 Å². The molecule has 0 aliphatic carbocycles. The van der Waals surface area contributed by atoms with Crippen molar-refractivity contribution in [2.75, 3.05) is 0 Å². The van der Waals surface area contributed by atoms with E-state index in [1.165, 1.54) is 6.07 Å². The van der Waals surface area contributed by atoms with Gasteiger partial charge in [-0.25, -0.2) is 0 Å². The summed E-state index contributed by atoms with van der Waals surface area (Å²) in [6, 6.07) is 25.7. The average molecular weight is 523 g/mol. The second-order valence-electron chi connectivity index (χ2n) is 9.07. The molecule has 0 spiro atoms. The Bertz CT molecular complexity index is 1600. The summed E-state index contributed by atoms with van der Waals surface area (Å²) < 4.78 is 6.10. The second-order valence-corrected chi connectivity index (χ2v) is 9.50. The molecule has 188 valence electrons. The number of phenolic OH excluding ortho intramolecular Hbond substituents is 1. The number of amides is 1. The van der Waals surface area contributed by atoms with Crippen molar-refractivity contribution in [1.29, 1.82) is 0 Å². The van der Waals surface area contributed by atoms with Crippen LogP contribution in [0.4, 0.5) is 0 Å². The standard InChI is InChI=1S/C30H23ClN4O3/c31-22-11-12-25(36)24(15-22)27-26-28(34-33-27)30(37)35(17-20-8-5-13-32-16-20)29(26)21-9-4-10-23(14-21)38-18-19-6-2-1-3-7-19/h1-16,29,36H,17-18H2,(H,33,34). The van der Waals surface area contributed by atoms with Gasteiger partial charge in [-0.05, 0) is 53.1 Å². The third-order valence-corrected chi connectivity index (χ3v) is 6.81. The van der Waals surface area contributed by atoms with Crippen molar-refractivity contribution < 1.29 is 14.6 Å². The van der Waals surface area contributed by atoms with Crippen LogP contribution in [0.15, 0.2) is 97.3 Å². The number of carbonyl (C=O) groups excluding carboxylic acids is 1. The van der Waals surface area contributed by atoms with Gasteiger partial charge in [0.15, 0.2) is 0 Å². The van der Waals surface area contributed by atoms with E-state index in [0.29, 0.717) is 46.4 Å². The summed E-state index contributed by atoms with van der Waals surface area (Å²) in [7, 11) is 0. The lowest BCUT2D eigenvalue weighted by Gasteiger charge is -2.27. The second kappa shape index (κ2) is 10.0. The fourth-order valence-corrected chi connectivity index (χ4v) is 4.99. The number of hydrogen-bond acceptors (Lipinski definition) is 5. The molecule has 1 amide bonds. The predicted octanol–water partition coefficient (Wildman–Crippen LogP) is 6.16. The number of hydrogen-bond donors (Lipinski definition) is 2. The summed E-state index contributed by atoms with van der Waals surface area (Å²) >= 11 is 6.26. The minimum atomic E-state index is -0.481. The van der Waals surface area contributed by atoms with E-state index in [9.17, 15) is 9.90 Å². The summed E-state index contributed by atoms with van der Waals surface area (Å²) in [5.41, 5.74) is 4.79. The van der Waals surface area contributed by atoms with Crippen LogP contribution in [0.2, 0.25) is 5.02 Å². The van der Waals surface area contributed by atoms with E-state index >= 15 is 0 Å². The highest BCUT2D eigenvalue weighted by Crippen LogP contribution is 2.46. The van der Waals surface area contributed by atoms with Crippen LogP contribution in [0.3, 0.4) is 0 Å². The van der Waals surface area contributed by atoms with Crippen LogP contribution in [0, 0.1) is 0 Å². The highest BCUT2D eigenvalue weighted by molar-refractivity contribution is 6.31. The number of aromatic amines is 1. The van der Waals surface area contributed by atoms with Gasteiger partial charge in [-0.3, -0.25) is 14.9 Å². The van der Waals surface area contributed by atoms with Gasteiger partial charge >= 0.3 is 0 Å². The number of fused-ring (bicyclic) bond motifs is 1. The van der Waals surface area contributed by atoms with Gasteiger partial charge in [0.05, 0.1) is 6.04 Å². The SMILES string of the molecule is O=C1c2[nH]nc(-c3cc(Cl)ccc3O)c2C(c2cccc(OCc3ccccc3)c2)N1Cc1cccnc1. The Morgan fingerprint density at radius 2 is 1.82 bits per heavy atom. The first-order valence-electron chi connectivity index (χ1n) is 12.1. The number of rotatable bonds is 7. The Labute approximate surface area is 224 Å². The molecular formula is C30H23ClN4O3. The fourth-order valence-electron chi connectivity index (χ4n) is 4.81. The number of H-pyrrole nitrogens is 1. The Morgan fingerprint density at radius 1 is 0.974 bits per heavy atom. The third-order valence-electron chi connectivity index (χ3n) is 6.58. The van der Waals surface area contributed by atoms with Crippen LogP contribution in [-0.4, -0.2) is 31.1 Å². The summed E-state index contributed by atoms with van der Waals surface area (Å²) in [4.78, 5) is 19.7. The zero-order chi connectivity index (χ0) is 26.1. The zero-order valence-electron chi connectivity index (χ0n) is 20.2. The van der Waals surface area contributed by atoms with Crippen LogP contribution in [0.5, 0.6) is 11.5 Å². The van der Waals surface area contributed by atoms with E-state index in [0.717, 1.165) is 16.7 Å². The van der Waals surface area contributed by atoms with Gasteiger partial charge in [0.25, 0.3) is 5.91 Å². The van der Waals surface area contributed by atoms with Crippen molar-refractivity contribution in [2.45, 2.75) is 19.2 Å². The number of benzene rings is 3. The lowest BCUT2D eigenvalue weighted by Crippen LogP contribution is -2.29. The smallest absolute Gasteiger partial charge is 0.273 e. The predicted molar refractivity (Wildman–Crippen MR) is 144 cm³/mol. The Balaban J connectivity index is 1.43. The first kappa shape index (κ1) is 23.8. The third kappa shape index (κ3) is 4.48. The molecule has 1 aliphatic rings. The van der Waals surface area contributed by atoms with Crippen molar-refractivity contribution >= 4 is 17.5 Å². The Morgan fingerprint density at radius 3 is 2.63 bits per heavy atom. The highest BCUT2D eigenvalue weighted by atomic mass is 35.5. The molecular weight excluding hydrogens is 500 g/mol. The van der Waals surface area contributed by atoms with E-state index in [1.807, 2.05) is 66.7 Å². The van der Waals surface area contributed by atoms with Crippen LogP contribution in [0.1, 0.15) is 38.8 Å². The molecule has 6 rings (SSSR count). The number of ether oxygens (including phenoxy) is 1. The van der Waals surface area contributed by atoms with Crippen molar-refractivity contribution in [1.82, 2.24) is 20.1 Å². The number of aromatic nitrogens is 3. The van der Waals surface area contributed by atoms with Gasteiger partial charge in [-0.15, -0.1) is 0 Å². The van der Waals surface area contributed by atoms with Crippen molar-refractivity contribution in [3.63, 3.8) is 0 Å². The minimum Gasteiger partial charge on any atom is -0.507 e. The number of nitrogens with one attached hydrogen (secondary N) is 1. The van der Waals surface area contributed by atoms with E-state index in [1.54, 1.807) is 29.4 Å². The van der Waals surface area contributed by atoms with Crippen LogP contribution >= 0.6 is 11.6 Å². The van der Waals surface area contributed by atoms with Crippen molar-refractivity contribution in [3.05, 3.63) is 130 Å². The van der Waals surface area contributed by atoms with E-state index < -0.39 is 6.04 Å². The number of pyridine rings is 1. The minimum absolute atomic E-state index is 0.0283. The molecule has 8 heteroatoms. The maximum absolute atomic E-state index is 13.7. The largest absolute Gasteiger partial charge is 0.507 e. The summed E-state index contributed by atoms with van der Waals surface area (Å²) in [6.45, 7) is 0.766. The van der Waals surface area contributed by atoms with Crippen LogP contribution in [0.25, 0.3) is 11.3 Å². The molecule has 2 aromatic heterocycles. The molecule has 0 bridgehead atoms. The van der Waals surface area contributed by atoms with E-state index in [2.05, 4.69) is 15.2 Å². The van der Waals surface area contributed by atoms with Crippen molar-refractivity contribution in [2.24, 2.45) is 0 Å². The van der Waals surface area contributed by atoms with E-state index in [4.69, 9.17) is 16.3 Å². The molecule has 3 heterocycles. The number of aromatic hydroxyl groups is 1. The maximum Gasteiger partial charge on any atom is 0.273 e. The molecule has 5 aromatic rings. The van der Waals surface area contributed by atoms with E-state index in [-0.39, 0.29) is 11.7 Å².